The zero-order valence-corrected chi connectivity index (χ0v) is 22.5. The van der Waals surface area contributed by atoms with E-state index in [4.69, 9.17) is 4.74 Å². The summed E-state index contributed by atoms with van der Waals surface area (Å²) in [6, 6.07) is 17.9. The second-order valence-electron chi connectivity index (χ2n) is 7.89. The maximum atomic E-state index is 12.3. The number of carbonyl (C=O) groups is 1. The number of carbonyl (C=O) groups excluding carboxylic acids is 1. The van der Waals surface area contributed by atoms with Crippen molar-refractivity contribution in [1.29, 1.82) is 0 Å². The zero-order valence-electron chi connectivity index (χ0n) is 20.1. The molecular formula is C25H38IN5O2. The summed E-state index contributed by atoms with van der Waals surface area (Å²) in [5.74, 6) is 0.669. The van der Waals surface area contributed by atoms with Gasteiger partial charge in [-0.15, -0.1) is 24.0 Å². The van der Waals surface area contributed by atoms with Crippen LogP contribution in [0.2, 0.25) is 0 Å². The number of nitrogens with zero attached hydrogens (tertiary/aromatic N) is 2. The standard InChI is InChI=1S/C25H37N5O2.HI/c1-20(22-11-6-5-7-12-22)32-17-9-14-28-25(26-2)29-19-21-10-8-13-23(18-21)24(31)27-15-16-30(3)4;/h5-8,10-13,18,20H,9,14-17,19H2,1-4H3,(H,27,31)(H2,26,28,29);1H. The number of likely N-dealkylation sites (N-methyl/N-ethyl adjacent to an activating group) is 1. The van der Waals surface area contributed by atoms with Gasteiger partial charge in [0.25, 0.3) is 5.91 Å². The molecule has 0 heterocycles. The van der Waals surface area contributed by atoms with Crippen LogP contribution in [0.25, 0.3) is 0 Å². The smallest absolute Gasteiger partial charge is 0.251 e. The Bertz CT molecular complexity index is 846. The highest BCUT2D eigenvalue weighted by Crippen LogP contribution is 2.15. The molecule has 0 aliphatic carbocycles. The molecule has 1 atom stereocenters. The fourth-order valence-corrected chi connectivity index (χ4v) is 3.08. The minimum Gasteiger partial charge on any atom is -0.374 e. The van der Waals surface area contributed by atoms with E-state index in [1.54, 1.807) is 7.05 Å². The van der Waals surface area contributed by atoms with Crippen molar-refractivity contribution in [1.82, 2.24) is 20.9 Å². The summed E-state index contributed by atoms with van der Waals surface area (Å²) in [6.07, 6.45) is 0.960. The first-order valence-electron chi connectivity index (χ1n) is 11.1. The highest BCUT2D eigenvalue weighted by molar-refractivity contribution is 14.0. The number of benzene rings is 2. The van der Waals surface area contributed by atoms with E-state index in [-0.39, 0.29) is 36.0 Å². The normalized spacial score (nSPS) is 12.1. The minimum absolute atomic E-state index is 0. The van der Waals surface area contributed by atoms with Gasteiger partial charge < -0.3 is 25.6 Å². The molecule has 7 nitrogen and oxygen atoms in total. The lowest BCUT2D eigenvalue weighted by molar-refractivity contribution is 0.0646. The summed E-state index contributed by atoms with van der Waals surface area (Å²) in [5, 5.41) is 9.54. The maximum absolute atomic E-state index is 12.3. The summed E-state index contributed by atoms with van der Waals surface area (Å²) in [6.45, 7) is 5.52. The van der Waals surface area contributed by atoms with Crippen molar-refractivity contribution in [2.24, 2.45) is 4.99 Å². The van der Waals surface area contributed by atoms with Crippen molar-refractivity contribution in [3.8, 4) is 0 Å². The highest BCUT2D eigenvalue weighted by atomic mass is 127. The van der Waals surface area contributed by atoms with Crippen LogP contribution in [-0.2, 0) is 11.3 Å². The Hall–Kier alpha value is -2.17. The van der Waals surface area contributed by atoms with Crippen LogP contribution in [0.4, 0.5) is 0 Å². The van der Waals surface area contributed by atoms with E-state index in [0.717, 1.165) is 31.0 Å². The third-order valence-corrected chi connectivity index (χ3v) is 4.97. The number of guanidine groups is 1. The Morgan fingerprint density at radius 2 is 1.79 bits per heavy atom. The van der Waals surface area contributed by atoms with Gasteiger partial charge in [0.1, 0.15) is 0 Å². The number of hydrogen-bond donors (Lipinski definition) is 3. The molecule has 2 rings (SSSR count). The first kappa shape index (κ1) is 28.9. The van der Waals surface area contributed by atoms with E-state index in [0.29, 0.717) is 25.3 Å². The van der Waals surface area contributed by atoms with E-state index < -0.39 is 0 Å². The Morgan fingerprint density at radius 3 is 2.48 bits per heavy atom. The fraction of sp³-hybridized carbons (Fsp3) is 0.440. The molecule has 0 bridgehead atoms. The van der Waals surface area contributed by atoms with E-state index >= 15 is 0 Å². The third kappa shape index (κ3) is 11.5. The Kier molecular flexibility index (Phi) is 14.4. The molecule has 1 unspecified atom stereocenters. The molecule has 2 aromatic carbocycles. The first-order chi connectivity index (χ1) is 15.5. The molecule has 0 saturated carbocycles. The van der Waals surface area contributed by atoms with E-state index in [9.17, 15) is 4.79 Å². The lowest BCUT2D eigenvalue weighted by Crippen LogP contribution is -2.37. The Morgan fingerprint density at radius 1 is 1.03 bits per heavy atom. The molecule has 2 aromatic rings. The predicted octanol–water partition coefficient (Wildman–Crippen LogP) is 3.43. The summed E-state index contributed by atoms with van der Waals surface area (Å²) in [4.78, 5) is 18.6. The highest BCUT2D eigenvalue weighted by Gasteiger charge is 2.07. The van der Waals surface area contributed by atoms with Gasteiger partial charge in [-0.05, 0) is 50.7 Å². The van der Waals surface area contributed by atoms with Crippen LogP contribution < -0.4 is 16.0 Å². The van der Waals surface area contributed by atoms with Gasteiger partial charge in [-0.25, -0.2) is 0 Å². The monoisotopic (exact) mass is 567 g/mol. The lowest BCUT2D eigenvalue weighted by Gasteiger charge is -2.15. The topological polar surface area (TPSA) is 78.0 Å². The second-order valence-corrected chi connectivity index (χ2v) is 7.89. The van der Waals surface area contributed by atoms with Crippen molar-refractivity contribution >= 4 is 35.8 Å². The summed E-state index contributed by atoms with van der Waals surface area (Å²) in [5.41, 5.74) is 2.87. The van der Waals surface area contributed by atoms with Crippen molar-refractivity contribution < 1.29 is 9.53 Å². The van der Waals surface area contributed by atoms with Crippen molar-refractivity contribution in [3.63, 3.8) is 0 Å². The van der Waals surface area contributed by atoms with Crippen LogP contribution in [-0.4, -0.2) is 64.2 Å². The molecule has 33 heavy (non-hydrogen) atoms. The van der Waals surface area contributed by atoms with Gasteiger partial charge in [0.05, 0.1) is 6.10 Å². The van der Waals surface area contributed by atoms with Crippen molar-refractivity contribution in [3.05, 3.63) is 71.3 Å². The number of nitrogens with one attached hydrogen (secondary N) is 3. The van der Waals surface area contributed by atoms with E-state index in [1.165, 1.54) is 5.56 Å². The molecule has 0 saturated heterocycles. The van der Waals surface area contributed by atoms with Crippen molar-refractivity contribution in [2.45, 2.75) is 26.0 Å². The van der Waals surface area contributed by atoms with Gasteiger partial charge in [0.15, 0.2) is 5.96 Å². The molecule has 0 aromatic heterocycles. The molecule has 0 aliphatic rings. The minimum atomic E-state index is -0.0547. The average molecular weight is 568 g/mol. The van der Waals surface area contributed by atoms with Crippen LogP contribution in [0.5, 0.6) is 0 Å². The molecule has 0 fully saturated rings. The number of ether oxygens (including phenoxy) is 1. The maximum Gasteiger partial charge on any atom is 0.251 e. The van der Waals surface area contributed by atoms with Gasteiger partial charge in [0.2, 0.25) is 0 Å². The Balaban J connectivity index is 0.00000544. The fourth-order valence-electron chi connectivity index (χ4n) is 3.08. The lowest BCUT2D eigenvalue weighted by atomic mass is 10.1. The van der Waals surface area contributed by atoms with Crippen LogP contribution in [0.15, 0.2) is 59.6 Å². The number of amides is 1. The largest absolute Gasteiger partial charge is 0.374 e. The number of hydrogen-bond acceptors (Lipinski definition) is 4. The quantitative estimate of drug-likeness (QED) is 0.159. The third-order valence-electron chi connectivity index (χ3n) is 4.97. The van der Waals surface area contributed by atoms with Gasteiger partial charge in [0, 0.05) is 45.4 Å². The second kappa shape index (κ2) is 16.4. The SMILES string of the molecule is CN=C(NCCCOC(C)c1ccccc1)NCc1cccc(C(=O)NCCN(C)C)c1.I. The summed E-state index contributed by atoms with van der Waals surface area (Å²) >= 11 is 0. The van der Waals surface area contributed by atoms with Crippen LogP contribution in [0.1, 0.15) is 40.9 Å². The molecule has 0 spiro atoms. The number of rotatable bonds is 12. The Labute approximate surface area is 215 Å². The zero-order chi connectivity index (χ0) is 23.2. The van der Waals surface area contributed by atoms with Gasteiger partial charge in [-0.3, -0.25) is 9.79 Å². The predicted molar refractivity (Wildman–Crippen MR) is 146 cm³/mol. The molecule has 0 aliphatic heterocycles. The molecule has 0 radical (unpaired) electrons. The van der Waals surface area contributed by atoms with Gasteiger partial charge in [-0.2, -0.15) is 0 Å². The van der Waals surface area contributed by atoms with Gasteiger partial charge in [-0.1, -0.05) is 42.5 Å². The van der Waals surface area contributed by atoms with Crippen LogP contribution in [0, 0.1) is 0 Å². The molecule has 8 heteroatoms. The summed E-state index contributed by atoms with van der Waals surface area (Å²) in [7, 11) is 5.72. The number of halogens is 1. The van der Waals surface area contributed by atoms with Gasteiger partial charge >= 0.3 is 0 Å². The van der Waals surface area contributed by atoms with E-state index in [2.05, 4.69) is 40.0 Å². The van der Waals surface area contributed by atoms with E-state index in [1.807, 2.05) is 61.5 Å². The average Bonchev–Trinajstić information content (AvgIpc) is 2.81. The molecule has 182 valence electrons. The molecule has 1 amide bonds. The first-order valence-corrected chi connectivity index (χ1v) is 11.1. The van der Waals surface area contributed by atoms with Crippen LogP contribution in [0.3, 0.4) is 0 Å². The molecular weight excluding hydrogens is 529 g/mol. The molecule has 3 N–H and O–H groups in total. The van der Waals surface area contributed by atoms with Crippen LogP contribution >= 0.6 is 24.0 Å². The number of aliphatic imine (C=N–C) groups is 1. The summed E-state index contributed by atoms with van der Waals surface area (Å²) < 4.78 is 5.91. The van der Waals surface area contributed by atoms with Crippen molar-refractivity contribution in [2.75, 3.05) is 47.4 Å².